The van der Waals surface area contributed by atoms with E-state index in [1.165, 1.54) is 0 Å². The van der Waals surface area contributed by atoms with Gasteiger partial charge in [-0.3, -0.25) is 4.90 Å². The maximum atomic E-state index is 9.56. The standard InChI is InChI=1S/C15H24ClN3O/c1-3-12-10-18(2)6-7-19(12)14(9-17)11-4-5-15(20)13(16)8-11/h4-5,8,12,14,20H,3,6-7,9-10,17H2,1-2H3. The summed E-state index contributed by atoms with van der Waals surface area (Å²) in [5.74, 6) is 0.122. The summed E-state index contributed by atoms with van der Waals surface area (Å²) in [6.07, 6.45) is 1.10. The highest BCUT2D eigenvalue weighted by molar-refractivity contribution is 6.32. The molecule has 3 N–H and O–H groups in total. The largest absolute Gasteiger partial charge is 0.506 e. The Morgan fingerprint density at radius 1 is 1.45 bits per heavy atom. The van der Waals surface area contributed by atoms with Gasteiger partial charge in [0.25, 0.3) is 0 Å². The van der Waals surface area contributed by atoms with Crippen LogP contribution in [0, 0.1) is 0 Å². The molecule has 1 aliphatic heterocycles. The van der Waals surface area contributed by atoms with Crippen LogP contribution in [0.2, 0.25) is 5.02 Å². The Bertz CT molecular complexity index is 455. The van der Waals surface area contributed by atoms with Crippen LogP contribution in [0.25, 0.3) is 0 Å². The van der Waals surface area contributed by atoms with Gasteiger partial charge in [0.15, 0.2) is 0 Å². The first kappa shape index (κ1) is 15.6. The summed E-state index contributed by atoms with van der Waals surface area (Å²) in [5.41, 5.74) is 7.10. The average molecular weight is 298 g/mol. The van der Waals surface area contributed by atoms with Crippen LogP contribution in [0.5, 0.6) is 5.75 Å². The molecule has 1 heterocycles. The number of hydrogen-bond acceptors (Lipinski definition) is 4. The second kappa shape index (κ2) is 6.76. The maximum absolute atomic E-state index is 9.56. The van der Waals surface area contributed by atoms with Gasteiger partial charge in [-0.15, -0.1) is 0 Å². The molecule has 1 fully saturated rings. The van der Waals surface area contributed by atoms with Crippen molar-refractivity contribution in [3.8, 4) is 5.75 Å². The van der Waals surface area contributed by atoms with Crippen LogP contribution in [-0.4, -0.2) is 54.2 Å². The fourth-order valence-electron chi connectivity index (χ4n) is 2.99. The van der Waals surface area contributed by atoms with Gasteiger partial charge in [0.2, 0.25) is 0 Å². The number of likely N-dealkylation sites (N-methyl/N-ethyl adjacent to an activating group) is 1. The Morgan fingerprint density at radius 3 is 2.80 bits per heavy atom. The minimum atomic E-state index is 0.122. The molecule has 0 aliphatic carbocycles. The molecule has 0 bridgehead atoms. The molecule has 0 saturated carbocycles. The fourth-order valence-corrected chi connectivity index (χ4v) is 3.18. The van der Waals surface area contributed by atoms with Crippen molar-refractivity contribution in [1.29, 1.82) is 0 Å². The van der Waals surface area contributed by atoms with Crippen LogP contribution >= 0.6 is 11.6 Å². The molecule has 2 rings (SSSR count). The third-order valence-corrected chi connectivity index (χ3v) is 4.49. The van der Waals surface area contributed by atoms with E-state index in [4.69, 9.17) is 17.3 Å². The van der Waals surface area contributed by atoms with Crippen molar-refractivity contribution in [3.05, 3.63) is 28.8 Å². The second-order valence-corrected chi connectivity index (χ2v) is 5.93. The average Bonchev–Trinajstić information content (AvgIpc) is 2.44. The van der Waals surface area contributed by atoms with Crippen LogP contribution in [0.4, 0.5) is 0 Å². The Hall–Kier alpha value is -0.810. The summed E-state index contributed by atoms with van der Waals surface area (Å²) in [5, 5.41) is 9.95. The number of rotatable bonds is 4. The number of piperazine rings is 1. The first-order valence-electron chi connectivity index (χ1n) is 7.19. The molecule has 1 saturated heterocycles. The Balaban J connectivity index is 2.24. The minimum Gasteiger partial charge on any atom is -0.506 e. The molecular formula is C15H24ClN3O. The second-order valence-electron chi connectivity index (χ2n) is 5.52. The summed E-state index contributed by atoms with van der Waals surface area (Å²) >= 11 is 6.03. The summed E-state index contributed by atoms with van der Waals surface area (Å²) in [6, 6.07) is 6.07. The quantitative estimate of drug-likeness (QED) is 0.893. The number of aromatic hydroxyl groups is 1. The smallest absolute Gasteiger partial charge is 0.134 e. The lowest BCUT2D eigenvalue weighted by Gasteiger charge is -2.44. The van der Waals surface area contributed by atoms with Gasteiger partial charge >= 0.3 is 0 Å². The highest BCUT2D eigenvalue weighted by Gasteiger charge is 2.30. The van der Waals surface area contributed by atoms with E-state index in [2.05, 4.69) is 23.8 Å². The molecule has 0 amide bonds. The number of halogens is 1. The first-order valence-corrected chi connectivity index (χ1v) is 7.57. The lowest BCUT2D eigenvalue weighted by molar-refractivity contribution is 0.0521. The zero-order chi connectivity index (χ0) is 14.7. The molecule has 20 heavy (non-hydrogen) atoms. The van der Waals surface area contributed by atoms with Crippen LogP contribution in [0.3, 0.4) is 0 Å². The van der Waals surface area contributed by atoms with Crippen molar-refractivity contribution < 1.29 is 5.11 Å². The number of nitrogens with two attached hydrogens (primary N) is 1. The highest BCUT2D eigenvalue weighted by Crippen LogP contribution is 2.31. The minimum absolute atomic E-state index is 0.122. The van der Waals surface area contributed by atoms with E-state index in [-0.39, 0.29) is 11.8 Å². The van der Waals surface area contributed by atoms with Crippen molar-refractivity contribution in [2.75, 3.05) is 33.2 Å². The molecule has 2 unspecified atom stereocenters. The van der Waals surface area contributed by atoms with Gasteiger partial charge in [-0.25, -0.2) is 0 Å². The van der Waals surface area contributed by atoms with E-state index in [0.717, 1.165) is 31.6 Å². The Labute approximate surface area is 126 Å². The molecule has 2 atom stereocenters. The highest BCUT2D eigenvalue weighted by atomic mass is 35.5. The number of phenolic OH excluding ortho intramolecular Hbond substituents is 1. The molecule has 112 valence electrons. The summed E-state index contributed by atoms with van der Waals surface area (Å²) in [7, 11) is 2.16. The third-order valence-electron chi connectivity index (χ3n) is 4.18. The lowest BCUT2D eigenvalue weighted by atomic mass is 10.00. The van der Waals surface area contributed by atoms with E-state index >= 15 is 0 Å². The zero-order valence-electron chi connectivity index (χ0n) is 12.2. The van der Waals surface area contributed by atoms with Crippen LogP contribution < -0.4 is 5.73 Å². The van der Waals surface area contributed by atoms with Crippen molar-refractivity contribution in [2.24, 2.45) is 5.73 Å². The van der Waals surface area contributed by atoms with E-state index in [9.17, 15) is 5.11 Å². The number of benzene rings is 1. The van der Waals surface area contributed by atoms with Gasteiger partial charge in [0, 0.05) is 38.3 Å². The van der Waals surface area contributed by atoms with Crippen molar-refractivity contribution in [3.63, 3.8) is 0 Å². The van der Waals surface area contributed by atoms with Gasteiger partial charge in [0.1, 0.15) is 5.75 Å². The van der Waals surface area contributed by atoms with E-state index < -0.39 is 0 Å². The molecule has 0 spiro atoms. The normalized spacial score (nSPS) is 22.9. The molecule has 1 aromatic carbocycles. The Kier molecular flexibility index (Phi) is 5.27. The van der Waals surface area contributed by atoms with Crippen molar-refractivity contribution in [2.45, 2.75) is 25.4 Å². The molecule has 0 aromatic heterocycles. The number of nitrogens with zero attached hydrogens (tertiary/aromatic N) is 2. The molecular weight excluding hydrogens is 274 g/mol. The third kappa shape index (κ3) is 3.26. The van der Waals surface area contributed by atoms with Gasteiger partial charge in [0.05, 0.1) is 5.02 Å². The predicted molar refractivity (Wildman–Crippen MR) is 83.2 cm³/mol. The summed E-state index contributed by atoms with van der Waals surface area (Å²) in [6.45, 7) is 5.91. The van der Waals surface area contributed by atoms with E-state index in [1.807, 2.05) is 12.1 Å². The molecule has 0 radical (unpaired) electrons. The molecule has 1 aliphatic rings. The lowest BCUT2D eigenvalue weighted by Crippen LogP contribution is -2.53. The Morgan fingerprint density at radius 2 is 2.20 bits per heavy atom. The van der Waals surface area contributed by atoms with E-state index in [0.29, 0.717) is 17.6 Å². The summed E-state index contributed by atoms with van der Waals surface area (Å²) in [4.78, 5) is 4.84. The van der Waals surface area contributed by atoms with E-state index in [1.54, 1.807) is 6.07 Å². The van der Waals surface area contributed by atoms with Crippen LogP contribution in [0.1, 0.15) is 24.9 Å². The maximum Gasteiger partial charge on any atom is 0.134 e. The SMILES string of the molecule is CCC1CN(C)CCN1C(CN)c1ccc(O)c(Cl)c1. The predicted octanol–water partition coefficient (Wildman–Crippen LogP) is 2.07. The van der Waals surface area contributed by atoms with Gasteiger partial charge in [-0.05, 0) is 31.2 Å². The number of hydrogen-bond donors (Lipinski definition) is 2. The van der Waals surface area contributed by atoms with Gasteiger partial charge in [-0.2, -0.15) is 0 Å². The van der Waals surface area contributed by atoms with Crippen LogP contribution in [-0.2, 0) is 0 Å². The summed E-state index contributed by atoms with van der Waals surface area (Å²) < 4.78 is 0. The number of phenols is 1. The monoisotopic (exact) mass is 297 g/mol. The topological polar surface area (TPSA) is 52.7 Å². The van der Waals surface area contributed by atoms with Crippen molar-refractivity contribution in [1.82, 2.24) is 9.80 Å². The fraction of sp³-hybridized carbons (Fsp3) is 0.600. The van der Waals surface area contributed by atoms with Gasteiger partial charge < -0.3 is 15.7 Å². The molecule has 1 aromatic rings. The van der Waals surface area contributed by atoms with Crippen molar-refractivity contribution >= 4 is 11.6 Å². The zero-order valence-corrected chi connectivity index (χ0v) is 13.0. The van der Waals surface area contributed by atoms with Gasteiger partial charge in [-0.1, -0.05) is 24.6 Å². The van der Waals surface area contributed by atoms with Crippen LogP contribution in [0.15, 0.2) is 18.2 Å². The first-order chi connectivity index (χ1) is 9.56. The molecule has 4 nitrogen and oxygen atoms in total. The molecule has 5 heteroatoms.